The number of hydrogen-bond donors (Lipinski definition) is 1. The molecule has 0 spiro atoms. The molecule has 2 amide bonds. The number of rotatable bonds is 7. The van der Waals surface area contributed by atoms with Crippen LogP contribution >= 0.6 is 35.0 Å². The standard InChI is InChI=1S/C25H20Cl2N2O2S/c1-16-15-19(27)9-12-21(16)28-22-23(32-20-10-7-18(26)8-11-20)25(31)29(24(22)30)14-13-17-5-3-2-4-6-17/h2-12,15,28H,13-14H2,1H3. The summed E-state index contributed by atoms with van der Waals surface area (Å²) in [5.41, 5.74) is 2.94. The molecule has 4 nitrogen and oxygen atoms in total. The maximum absolute atomic E-state index is 13.3. The summed E-state index contributed by atoms with van der Waals surface area (Å²) in [6.07, 6.45) is 0.588. The molecule has 1 aliphatic rings. The average Bonchev–Trinajstić information content (AvgIpc) is 3.00. The van der Waals surface area contributed by atoms with Crippen LogP contribution in [0.5, 0.6) is 0 Å². The van der Waals surface area contributed by atoms with E-state index in [1.807, 2.05) is 55.5 Å². The Bertz CT molecular complexity index is 1190. The maximum Gasteiger partial charge on any atom is 0.278 e. The predicted molar refractivity (Wildman–Crippen MR) is 131 cm³/mol. The van der Waals surface area contributed by atoms with E-state index < -0.39 is 0 Å². The Morgan fingerprint density at radius 3 is 2.25 bits per heavy atom. The second-order valence-corrected chi connectivity index (χ2v) is 9.30. The fourth-order valence-corrected chi connectivity index (χ4v) is 4.67. The average molecular weight is 483 g/mol. The highest BCUT2D eigenvalue weighted by molar-refractivity contribution is 8.04. The number of nitrogens with one attached hydrogen (secondary N) is 1. The molecule has 1 aliphatic heterocycles. The van der Waals surface area contributed by atoms with E-state index in [2.05, 4.69) is 5.32 Å². The number of halogens is 2. The van der Waals surface area contributed by atoms with E-state index in [0.29, 0.717) is 27.9 Å². The molecule has 0 unspecified atom stereocenters. The SMILES string of the molecule is Cc1cc(Cl)ccc1NC1=C(Sc2ccc(Cl)cc2)C(=O)N(CCc2ccccc2)C1=O. The third-order valence-electron chi connectivity index (χ3n) is 5.07. The number of anilines is 1. The molecule has 32 heavy (non-hydrogen) atoms. The Morgan fingerprint density at radius 2 is 1.56 bits per heavy atom. The Labute approximate surface area is 201 Å². The van der Waals surface area contributed by atoms with Gasteiger partial charge in [0.15, 0.2) is 0 Å². The summed E-state index contributed by atoms with van der Waals surface area (Å²) >= 11 is 13.3. The second kappa shape index (κ2) is 9.82. The molecule has 0 atom stereocenters. The number of hydrogen-bond acceptors (Lipinski definition) is 4. The minimum Gasteiger partial charge on any atom is -0.350 e. The Balaban J connectivity index is 1.64. The van der Waals surface area contributed by atoms with Gasteiger partial charge in [-0.05, 0) is 66.9 Å². The quantitative estimate of drug-likeness (QED) is 0.399. The van der Waals surface area contributed by atoms with E-state index in [-0.39, 0.29) is 17.5 Å². The molecule has 0 radical (unpaired) electrons. The number of carbonyl (C=O) groups excluding carboxylic acids is 2. The number of amides is 2. The van der Waals surface area contributed by atoms with Gasteiger partial charge in [0.25, 0.3) is 11.8 Å². The van der Waals surface area contributed by atoms with Crippen molar-refractivity contribution in [2.24, 2.45) is 0 Å². The molecule has 0 aliphatic carbocycles. The van der Waals surface area contributed by atoms with Crippen LogP contribution < -0.4 is 5.32 Å². The van der Waals surface area contributed by atoms with Crippen molar-refractivity contribution in [1.29, 1.82) is 0 Å². The monoisotopic (exact) mass is 482 g/mol. The predicted octanol–water partition coefficient (Wildman–Crippen LogP) is 6.33. The molecule has 1 N–H and O–H groups in total. The van der Waals surface area contributed by atoms with Crippen LogP contribution in [0.25, 0.3) is 0 Å². The fourth-order valence-electron chi connectivity index (χ4n) is 3.37. The minimum absolute atomic E-state index is 0.272. The molecule has 0 fully saturated rings. The van der Waals surface area contributed by atoms with Crippen molar-refractivity contribution in [1.82, 2.24) is 4.90 Å². The Kier molecular flexibility index (Phi) is 6.89. The lowest BCUT2D eigenvalue weighted by Gasteiger charge is -2.15. The van der Waals surface area contributed by atoms with Crippen molar-refractivity contribution in [2.75, 3.05) is 11.9 Å². The summed E-state index contributed by atoms with van der Waals surface area (Å²) < 4.78 is 0. The first-order valence-electron chi connectivity index (χ1n) is 10.0. The molecule has 1 heterocycles. The topological polar surface area (TPSA) is 49.4 Å². The van der Waals surface area contributed by atoms with E-state index in [9.17, 15) is 9.59 Å². The molecule has 0 saturated heterocycles. The van der Waals surface area contributed by atoms with Crippen molar-refractivity contribution in [2.45, 2.75) is 18.2 Å². The van der Waals surface area contributed by atoms with Gasteiger partial charge in [-0.3, -0.25) is 14.5 Å². The molecule has 162 valence electrons. The summed E-state index contributed by atoms with van der Waals surface area (Å²) in [6.45, 7) is 2.20. The Hall–Kier alpha value is -2.73. The van der Waals surface area contributed by atoms with Gasteiger partial charge < -0.3 is 5.32 Å². The first kappa shape index (κ1) is 22.5. The summed E-state index contributed by atoms with van der Waals surface area (Å²) in [7, 11) is 0. The summed E-state index contributed by atoms with van der Waals surface area (Å²) in [5.74, 6) is -0.642. The van der Waals surface area contributed by atoms with Crippen LogP contribution in [0, 0.1) is 6.92 Å². The van der Waals surface area contributed by atoms with Crippen LogP contribution in [0.15, 0.2) is 88.3 Å². The van der Waals surface area contributed by atoms with Gasteiger partial charge in [-0.15, -0.1) is 0 Å². The Morgan fingerprint density at radius 1 is 0.875 bits per heavy atom. The molecule has 4 rings (SSSR count). The zero-order chi connectivity index (χ0) is 22.7. The van der Waals surface area contributed by atoms with E-state index >= 15 is 0 Å². The van der Waals surface area contributed by atoms with Gasteiger partial charge in [0.2, 0.25) is 0 Å². The van der Waals surface area contributed by atoms with Gasteiger partial charge >= 0.3 is 0 Å². The lowest BCUT2D eigenvalue weighted by atomic mass is 10.1. The fraction of sp³-hybridized carbons (Fsp3) is 0.120. The third-order valence-corrected chi connectivity index (χ3v) is 6.65. The van der Waals surface area contributed by atoms with Crippen LogP contribution in [0.2, 0.25) is 10.0 Å². The van der Waals surface area contributed by atoms with Crippen LogP contribution in [0.1, 0.15) is 11.1 Å². The van der Waals surface area contributed by atoms with Gasteiger partial charge in [0, 0.05) is 27.2 Å². The molecule has 3 aromatic carbocycles. The van der Waals surface area contributed by atoms with Crippen molar-refractivity contribution in [3.05, 3.63) is 105 Å². The number of benzene rings is 3. The molecule has 0 bridgehead atoms. The smallest absolute Gasteiger partial charge is 0.278 e. The number of thioether (sulfide) groups is 1. The number of imide groups is 1. The molecule has 3 aromatic rings. The lowest BCUT2D eigenvalue weighted by Crippen LogP contribution is -2.34. The van der Waals surface area contributed by atoms with E-state index in [1.165, 1.54) is 16.7 Å². The zero-order valence-electron chi connectivity index (χ0n) is 17.3. The molecular weight excluding hydrogens is 463 g/mol. The number of aryl methyl sites for hydroxylation is 1. The lowest BCUT2D eigenvalue weighted by molar-refractivity contribution is -0.137. The highest BCUT2D eigenvalue weighted by Crippen LogP contribution is 2.37. The van der Waals surface area contributed by atoms with Crippen LogP contribution in [0.4, 0.5) is 5.69 Å². The van der Waals surface area contributed by atoms with Crippen molar-refractivity contribution >= 4 is 52.5 Å². The third kappa shape index (κ3) is 5.01. The number of carbonyl (C=O) groups is 2. The summed E-state index contributed by atoms with van der Waals surface area (Å²) in [6, 6.07) is 22.3. The normalized spacial score (nSPS) is 13.8. The number of nitrogens with zero attached hydrogens (tertiary/aromatic N) is 1. The second-order valence-electron chi connectivity index (χ2n) is 7.34. The van der Waals surface area contributed by atoms with Crippen LogP contribution in [-0.2, 0) is 16.0 Å². The highest BCUT2D eigenvalue weighted by atomic mass is 35.5. The van der Waals surface area contributed by atoms with Gasteiger partial charge in [-0.1, -0.05) is 65.3 Å². The minimum atomic E-state index is -0.336. The molecule has 7 heteroatoms. The maximum atomic E-state index is 13.3. The first-order chi connectivity index (χ1) is 15.4. The van der Waals surface area contributed by atoms with Crippen molar-refractivity contribution < 1.29 is 9.59 Å². The summed E-state index contributed by atoms with van der Waals surface area (Å²) in [5, 5.41) is 4.40. The van der Waals surface area contributed by atoms with E-state index in [4.69, 9.17) is 23.2 Å². The van der Waals surface area contributed by atoms with Crippen molar-refractivity contribution in [3.8, 4) is 0 Å². The van der Waals surface area contributed by atoms with E-state index in [0.717, 1.165) is 21.7 Å². The van der Waals surface area contributed by atoms with Gasteiger partial charge in [-0.25, -0.2) is 0 Å². The van der Waals surface area contributed by atoms with Crippen LogP contribution in [-0.4, -0.2) is 23.3 Å². The molecular formula is C25H20Cl2N2O2S. The first-order valence-corrected chi connectivity index (χ1v) is 11.6. The molecule has 0 saturated carbocycles. The largest absolute Gasteiger partial charge is 0.350 e. The van der Waals surface area contributed by atoms with Crippen molar-refractivity contribution in [3.63, 3.8) is 0 Å². The zero-order valence-corrected chi connectivity index (χ0v) is 19.6. The highest BCUT2D eigenvalue weighted by Gasteiger charge is 2.39. The summed E-state index contributed by atoms with van der Waals surface area (Å²) in [4.78, 5) is 29.1. The van der Waals surface area contributed by atoms with E-state index in [1.54, 1.807) is 24.3 Å². The van der Waals surface area contributed by atoms with Gasteiger partial charge in [0.05, 0.1) is 0 Å². The van der Waals surface area contributed by atoms with Crippen LogP contribution in [0.3, 0.4) is 0 Å². The van der Waals surface area contributed by atoms with Gasteiger partial charge in [0.1, 0.15) is 10.6 Å². The molecule has 0 aromatic heterocycles. The van der Waals surface area contributed by atoms with Gasteiger partial charge in [-0.2, -0.15) is 0 Å².